The zero-order chi connectivity index (χ0) is 20.7. The number of amides is 2. The molecule has 0 radical (unpaired) electrons. The van der Waals surface area contributed by atoms with Crippen LogP contribution in [0.2, 0.25) is 0 Å². The molecule has 2 amide bonds. The van der Waals surface area contributed by atoms with Gasteiger partial charge in [0.15, 0.2) is 6.61 Å². The fraction of sp³-hybridized carbons (Fsp3) is 0.550. The van der Waals surface area contributed by atoms with Crippen molar-refractivity contribution in [3.05, 3.63) is 29.8 Å². The first kappa shape index (κ1) is 21.5. The fourth-order valence-corrected chi connectivity index (χ4v) is 2.78. The van der Waals surface area contributed by atoms with Crippen LogP contribution in [0.3, 0.4) is 0 Å². The Morgan fingerprint density at radius 2 is 1.86 bits per heavy atom. The molecule has 28 heavy (non-hydrogen) atoms. The maximum Gasteiger partial charge on any atom is 0.411 e. The van der Waals surface area contributed by atoms with E-state index >= 15 is 0 Å². The summed E-state index contributed by atoms with van der Waals surface area (Å²) in [5.74, 6) is -0.274. The molecule has 0 aliphatic carbocycles. The van der Waals surface area contributed by atoms with Crippen LogP contribution in [-0.4, -0.2) is 54.8 Å². The summed E-state index contributed by atoms with van der Waals surface area (Å²) < 4.78 is 15.5. The lowest BCUT2D eigenvalue weighted by Gasteiger charge is -2.27. The topological polar surface area (TPSA) is 94.2 Å². The van der Waals surface area contributed by atoms with E-state index in [4.69, 9.17) is 14.2 Å². The molecule has 0 unspecified atom stereocenters. The van der Waals surface area contributed by atoms with Crippen LogP contribution in [0.15, 0.2) is 24.3 Å². The molecule has 1 saturated heterocycles. The van der Waals surface area contributed by atoms with Gasteiger partial charge in [-0.1, -0.05) is 12.1 Å². The molecule has 1 atom stereocenters. The molecule has 0 bridgehead atoms. The maximum atomic E-state index is 12.3. The number of ether oxygens (including phenoxy) is 3. The summed E-state index contributed by atoms with van der Waals surface area (Å²) in [4.78, 5) is 37.8. The molecule has 154 valence electrons. The molecule has 1 heterocycles. The number of carbonyl (C=O) groups excluding carboxylic acids is 3. The van der Waals surface area contributed by atoms with Gasteiger partial charge in [-0.15, -0.1) is 0 Å². The quantitative estimate of drug-likeness (QED) is 0.747. The Hall–Kier alpha value is -2.77. The SMILES string of the molecule is COc1ccc(CNC(=O)COC(=O)[C@@H]2CCCN2C(=O)OC(C)(C)C)cc1. The third-order valence-corrected chi connectivity index (χ3v) is 4.15. The number of nitrogens with zero attached hydrogens (tertiary/aromatic N) is 1. The zero-order valence-electron chi connectivity index (χ0n) is 16.8. The second-order valence-corrected chi connectivity index (χ2v) is 7.56. The summed E-state index contributed by atoms with van der Waals surface area (Å²) >= 11 is 0. The molecule has 2 rings (SSSR count). The van der Waals surface area contributed by atoms with E-state index in [1.165, 1.54) is 4.90 Å². The van der Waals surface area contributed by atoms with Crippen molar-refractivity contribution in [2.24, 2.45) is 0 Å². The summed E-state index contributed by atoms with van der Waals surface area (Å²) in [6.45, 7) is 5.64. The average Bonchev–Trinajstić information content (AvgIpc) is 3.13. The van der Waals surface area contributed by atoms with Gasteiger partial charge in [0.25, 0.3) is 5.91 Å². The van der Waals surface area contributed by atoms with Crippen molar-refractivity contribution >= 4 is 18.0 Å². The summed E-state index contributed by atoms with van der Waals surface area (Å²) in [7, 11) is 1.58. The van der Waals surface area contributed by atoms with Gasteiger partial charge in [0, 0.05) is 13.1 Å². The number of benzene rings is 1. The molecule has 1 aliphatic heterocycles. The number of rotatable bonds is 6. The van der Waals surface area contributed by atoms with Gasteiger partial charge in [-0.25, -0.2) is 9.59 Å². The minimum absolute atomic E-state index is 0.313. The van der Waals surface area contributed by atoms with Gasteiger partial charge in [-0.2, -0.15) is 0 Å². The van der Waals surface area contributed by atoms with Crippen LogP contribution in [0.5, 0.6) is 5.75 Å². The van der Waals surface area contributed by atoms with E-state index in [9.17, 15) is 14.4 Å². The molecule has 8 heteroatoms. The Morgan fingerprint density at radius 1 is 1.18 bits per heavy atom. The van der Waals surface area contributed by atoms with Crippen LogP contribution in [0.1, 0.15) is 39.2 Å². The van der Waals surface area contributed by atoms with E-state index in [1.54, 1.807) is 40.0 Å². The standard InChI is InChI=1S/C20H28N2O6/c1-20(2,3)28-19(25)22-11-5-6-16(22)18(24)27-13-17(23)21-12-14-7-9-15(26-4)10-8-14/h7-10,16H,5-6,11-13H2,1-4H3,(H,21,23)/t16-/m0/s1. The van der Waals surface area contributed by atoms with E-state index in [2.05, 4.69) is 5.32 Å². The Labute approximate surface area is 165 Å². The van der Waals surface area contributed by atoms with E-state index in [0.29, 0.717) is 25.9 Å². The minimum Gasteiger partial charge on any atom is -0.497 e. The number of likely N-dealkylation sites (tertiary alicyclic amines) is 1. The van der Waals surface area contributed by atoms with Gasteiger partial charge in [0.2, 0.25) is 0 Å². The summed E-state index contributed by atoms with van der Waals surface area (Å²) in [6, 6.07) is 6.55. The molecular formula is C20H28N2O6. The predicted octanol–water partition coefficient (Wildman–Crippen LogP) is 2.25. The first-order valence-electron chi connectivity index (χ1n) is 9.25. The van der Waals surface area contributed by atoms with Gasteiger partial charge in [-0.3, -0.25) is 9.69 Å². The molecule has 0 spiro atoms. The minimum atomic E-state index is -0.718. The highest BCUT2D eigenvalue weighted by molar-refractivity contribution is 5.85. The highest BCUT2D eigenvalue weighted by Crippen LogP contribution is 2.21. The molecule has 1 aliphatic rings. The molecule has 1 aromatic carbocycles. The van der Waals surface area contributed by atoms with Gasteiger partial charge >= 0.3 is 12.1 Å². The van der Waals surface area contributed by atoms with Crippen molar-refractivity contribution in [1.29, 1.82) is 0 Å². The molecule has 1 fully saturated rings. The second kappa shape index (κ2) is 9.43. The van der Waals surface area contributed by atoms with Gasteiger partial charge in [0.05, 0.1) is 7.11 Å². The van der Waals surface area contributed by atoms with Crippen molar-refractivity contribution in [2.75, 3.05) is 20.3 Å². The maximum absolute atomic E-state index is 12.3. The number of esters is 1. The first-order valence-corrected chi connectivity index (χ1v) is 9.25. The predicted molar refractivity (Wildman–Crippen MR) is 102 cm³/mol. The van der Waals surface area contributed by atoms with Crippen molar-refractivity contribution in [1.82, 2.24) is 10.2 Å². The smallest absolute Gasteiger partial charge is 0.411 e. The van der Waals surface area contributed by atoms with Crippen LogP contribution in [-0.2, 0) is 25.6 Å². The average molecular weight is 392 g/mol. The van der Waals surface area contributed by atoms with Crippen LogP contribution in [0, 0.1) is 0 Å². The number of methoxy groups -OCH3 is 1. The van der Waals surface area contributed by atoms with Crippen molar-refractivity contribution in [3.8, 4) is 5.75 Å². The highest BCUT2D eigenvalue weighted by atomic mass is 16.6. The van der Waals surface area contributed by atoms with Crippen LogP contribution in [0.25, 0.3) is 0 Å². The Kier molecular flexibility index (Phi) is 7.25. The lowest BCUT2D eigenvalue weighted by Crippen LogP contribution is -2.44. The van der Waals surface area contributed by atoms with Crippen molar-refractivity contribution < 1.29 is 28.6 Å². The first-order chi connectivity index (χ1) is 13.2. The Morgan fingerprint density at radius 3 is 2.46 bits per heavy atom. The van der Waals surface area contributed by atoms with Gasteiger partial charge in [-0.05, 0) is 51.3 Å². The number of nitrogens with one attached hydrogen (secondary N) is 1. The fourth-order valence-electron chi connectivity index (χ4n) is 2.78. The summed E-state index contributed by atoms with van der Waals surface area (Å²) in [5, 5.41) is 2.69. The monoisotopic (exact) mass is 392 g/mol. The zero-order valence-corrected chi connectivity index (χ0v) is 16.8. The molecule has 0 aromatic heterocycles. The van der Waals surface area contributed by atoms with Crippen LogP contribution < -0.4 is 10.1 Å². The third-order valence-electron chi connectivity index (χ3n) is 4.15. The van der Waals surface area contributed by atoms with E-state index in [-0.39, 0.29) is 0 Å². The number of hydrogen-bond acceptors (Lipinski definition) is 6. The van der Waals surface area contributed by atoms with E-state index in [1.807, 2.05) is 12.1 Å². The van der Waals surface area contributed by atoms with Crippen molar-refractivity contribution in [2.45, 2.75) is 51.8 Å². The Bertz CT molecular complexity index is 696. The Balaban J connectivity index is 1.78. The molecule has 8 nitrogen and oxygen atoms in total. The molecule has 1 aromatic rings. The van der Waals surface area contributed by atoms with E-state index in [0.717, 1.165) is 11.3 Å². The van der Waals surface area contributed by atoms with Gasteiger partial charge in [0.1, 0.15) is 17.4 Å². The summed E-state index contributed by atoms with van der Waals surface area (Å²) in [6.07, 6.45) is 0.629. The lowest BCUT2D eigenvalue weighted by atomic mass is 10.2. The largest absolute Gasteiger partial charge is 0.497 e. The highest BCUT2D eigenvalue weighted by Gasteiger charge is 2.37. The second-order valence-electron chi connectivity index (χ2n) is 7.56. The third kappa shape index (κ3) is 6.44. The molecule has 0 saturated carbocycles. The molecule has 1 N–H and O–H groups in total. The van der Waals surface area contributed by atoms with Crippen LogP contribution >= 0.6 is 0 Å². The lowest BCUT2D eigenvalue weighted by molar-refractivity contribution is -0.152. The van der Waals surface area contributed by atoms with Gasteiger partial charge < -0.3 is 19.5 Å². The van der Waals surface area contributed by atoms with E-state index < -0.39 is 36.2 Å². The summed E-state index contributed by atoms with van der Waals surface area (Å²) in [5.41, 5.74) is 0.252. The number of hydrogen-bond donors (Lipinski definition) is 1. The normalized spacial score (nSPS) is 16.4. The van der Waals surface area contributed by atoms with Crippen LogP contribution in [0.4, 0.5) is 4.79 Å². The van der Waals surface area contributed by atoms with Crippen molar-refractivity contribution in [3.63, 3.8) is 0 Å². The molecular weight excluding hydrogens is 364 g/mol. The number of carbonyl (C=O) groups is 3.